The average Bonchev–Trinajstić information content (AvgIpc) is 2.79. The highest BCUT2D eigenvalue weighted by atomic mass is 16.5. The summed E-state index contributed by atoms with van der Waals surface area (Å²) in [5, 5.41) is 2.73. The highest BCUT2D eigenvalue weighted by molar-refractivity contribution is 6.01. The minimum atomic E-state index is -0.912. The topological polar surface area (TPSA) is 84.9 Å². The lowest BCUT2D eigenvalue weighted by Crippen LogP contribution is -2.57. The molecule has 1 atom stereocenters. The highest BCUT2D eigenvalue weighted by Gasteiger charge is 2.36. The fraction of sp³-hybridized carbons (Fsp3) is 0.375. The van der Waals surface area contributed by atoms with Gasteiger partial charge in [-0.3, -0.25) is 14.4 Å². The van der Waals surface area contributed by atoms with E-state index >= 15 is 0 Å². The molecule has 1 aliphatic rings. The van der Waals surface area contributed by atoms with Crippen LogP contribution in [0.3, 0.4) is 0 Å². The van der Waals surface area contributed by atoms with Crippen LogP contribution in [-0.4, -0.2) is 55.0 Å². The molecule has 0 aliphatic carbocycles. The Balaban J connectivity index is 1.65. The van der Waals surface area contributed by atoms with Crippen molar-refractivity contribution in [1.82, 2.24) is 10.2 Å². The second kappa shape index (κ2) is 11.2. The van der Waals surface area contributed by atoms with Crippen LogP contribution >= 0.6 is 0 Å². The summed E-state index contributed by atoms with van der Waals surface area (Å²) in [7, 11) is 0. The first-order valence-corrected chi connectivity index (χ1v) is 10.6. The van der Waals surface area contributed by atoms with Gasteiger partial charge in [0.1, 0.15) is 11.8 Å². The van der Waals surface area contributed by atoms with Gasteiger partial charge in [0.2, 0.25) is 5.91 Å². The number of benzene rings is 2. The van der Waals surface area contributed by atoms with Gasteiger partial charge in [-0.2, -0.15) is 0 Å². The molecule has 164 valence electrons. The van der Waals surface area contributed by atoms with Gasteiger partial charge >= 0.3 is 5.97 Å². The van der Waals surface area contributed by atoms with Crippen LogP contribution in [0.4, 0.5) is 0 Å². The maximum atomic E-state index is 13.2. The van der Waals surface area contributed by atoms with Gasteiger partial charge in [-0.05, 0) is 24.1 Å². The molecule has 7 heteroatoms. The molecule has 7 nitrogen and oxygen atoms in total. The normalized spacial score (nSPS) is 15.8. The maximum absolute atomic E-state index is 13.2. The summed E-state index contributed by atoms with van der Waals surface area (Å²) < 4.78 is 11.0. The molecular formula is C24H28N2O5. The zero-order chi connectivity index (χ0) is 22.1. The zero-order valence-electron chi connectivity index (χ0n) is 17.7. The molecule has 31 heavy (non-hydrogen) atoms. The average molecular weight is 424 g/mol. The Hall–Kier alpha value is -3.35. The number of nitrogens with one attached hydrogen (secondary N) is 1. The summed E-state index contributed by atoms with van der Waals surface area (Å²) in [6.45, 7) is 3.34. The molecule has 0 saturated carbocycles. The van der Waals surface area contributed by atoms with E-state index in [-0.39, 0.29) is 24.8 Å². The number of esters is 1. The summed E-state index contributed by atoms with van der Waals surface area (Å²) in [5.41, 5.74) is 1.44. The monoisotopic (exact) mass is 424 g/mol. The van der Waals surface area contributed by atoms with Gasteiger partial charge in [-0.15, -0.1) is 0 Å². The van der Waals surface area contributed by atoms with E-state index in [4.69, 9.17) is 9.47 Å². The predicted molar refractivity (Wildman–Crippen MR) is 116 cm³/mol. The van der Waals surface area contributed by atoms with Crippen LogP contribution in [0.1, 0.15) is 35.7 Å². The number of carbonyl (C=O) groups is 3. The third-order valence-electron chi connectivity index (χ3n) is 5.03. The highest BCUT2D eigenvalue weighted by Crippen LogP contribution is 2.23. The number of nitrogens with zero attached hydrogens (tertiary/aromatic N) is 1. The fourth-order valence-corrected chi connectivity index (χ4v) is 3.44. The number of piperazine rings is 1. The maximum Gasteiger partial charge on any atom is 0.308 e. The van der Waals surface area contributed by atoms with Gasteiger partial charge in [0.15, 0.2) is 0 Å². The second-order valence-corrected chi connectivity index (χ2v) is 7.31. The number of hydrogen-bond acceptors (Lipinski definition) is 5. The molecule has 1 N–H and O–H groups in total. The Morgan fingerprint density at radius 3 is 2.58 bits per heavy atom. The van der Waals surface area contributed by atoms with E-state index in [0.717, 1.165) is 12.0 Å². The van der Waals surface area contributed by atoms with Crippen molar-refractivity contribution in [3.63, 3.8) is 0 Å². The van der Waals surface area contributed by atoms with E-state index in [1.165, 1.54) is 4.90 Å². The number of ether oxygens (including phenoxy) is 2. The molecule has 0 bridgehead atoms. The standard InChI is InChI=1S/C24H28N2O5/c1-2-15-30-21-11-7-6-10-19(21)24(29)26-14-13-25-23(28)20(26)17-22(27)31-16-12-18-8-4-3-5-9-18/h3-11,20H,2,12-17H2,1H3,(H,25,28). The Morgan fingerprint density at radius 1 is 1.06 bits per heavy atom. The first-order chi connectivity index (χ1) is 15.1. The molecule has 2 aromatic rings. The van der Waals surface area contributed by atoms with Gasteiger partial charge in [0.25, 0.3) is 5.91 Å². The van der Waals surface area contributed by atoms with Crippen LogP contribution in [0.2, 0.25) is 0 Å². The van der Waals surface area contributed by atoms with Crippen LogP contribution < -0.4 is 10.1 Å². The molecule has 0 radical (unpaired) electrons. The van der Waals surface area contributed by atoms with Gasteiger partial charge in [0.05, 0.1) is 25.2 Å². The second-order valence-electron chi connectivity index (χ2n) is 7.31. The predicted octanol–water partition coefficient (Wildman–Crippen LogP) is 2.59. The number of para-hydroxylation sites is 1. The van der Waals surface area contributed by atoms with E-state index in [0.29, 0.717) is 37.4 Å². The van der Waals surface area contributed by atoms with Crippen molar-refractivity contribution in [2.75, 3.05) is 26.3 Å². The van der Waals surface area contributed by atoms with Crippen molar-refractivity contribution < 1.29 is 23.9 Å². The zero-order valence-corrected chi connectivity index (χ0v) is 17.7. The Labute approximate surface area is 182 Å². The summed E-state index contributed by atoms with van der Waals surface area (Å²) >= 11 is 0. The van der Waals surface area contributed by atoms with Crippen molar-refractivity contribution in [3.05, 3.63) is 65.7 Å². The van der Waals surface area contributed by atoms with Crippen LogP contribution in [0.5, 0.6) is 5.75 Å². The summed E-state index contributed by atoms with van der Waals surface area (Å²) in [6.07, 6.45) is 1.21. The molecule has 2 aromatic carbocycles. The fourth-order valence-electron chi connectivity index (χ4n) is 3.44. The van der Waals surface area contributed by atoms with Crippen molar-refractivity contribution in [3.8, 4) is 5.75 Å². The smallest absolute Gasteiger partial charge is 0.308 e. The van der Waals surface area contributed by atoms with Gasteiger partial charge < -0.3 is 19.7 Å². The third kappa shape index (κ3) is 6.07. The van der Waals surface area contributed by atoms with Crippen LogP contribution in [0, 0.1) is 0 Å². The minimum absolute atomic E-state index is 0.190. The van der Waals surface area contributed by atoms with Crippen LogP contribution in [-0.2, 0) is 20.7 Å². The molecule has 1 unspecified atom stereocenters. The number of rotatable bonds is 9. The summed E-state index contributed by atoms with van der Waals surface area (Å²) in [4.78, 5) is 39.5. The molecule has 1 fully saturated rings. The third-order valence-corrected chi connectivity index (χ3v) is 5.03. The van der Waals surface area contributed by atoms with E-state index in [1.54, 1.807) is 24.3 Å². The molecule has 3 rings (SSSR count). The molecule has 2 amide bonds. The Kier molecular flexibility index (Phi) is 8.04. The minimum Gasteiger partial charge on any atom is -0.493 e. The number of hydrogen-bond donors (Lipinski definition) is 1. The Bertz CT molecular complexity index is 900. The molecule has 1 saturated heterocycles. The molecular weight excluding hydrogens is 396 g/mol. The first kappa shape index (κ1) is 22.3. The number of carbonyl (C=O) groups excluding carboxylic acids is 3. The largest absolute Gasteiger partial charge is 0.493 e. The summed E-state index contributed by atoms with van der Waals surface area (Å²) in [6, 6.07) is 15.7. The number of amides is 2. The van der Waals surface area contributed by atoms with Gasteiger partial charge in [-0.25, -0.2) is 0 Å². The molecule has 0 spiro atoms. The van der Waals surface area contributed by atoms with Crippen LogP contribution in [0.15, 0.2) is 54.6 Å². The molecule has 1 aliphatic heterocycles. The lowest BCUT2D eigenvalue weighted by Gasteiger charge is -2.34. The quantitative estimate of drug-likeness (QED) is 0.626. The van der Waals surface area contributed by atoms with Crippen molar-refractivity contribution in [1.29, 1.82) is 0 Å². The van der Waals surface area contributed by atoms with Gasteiger partial charge in [-0.1, -0.05) is 49.4 Å². The molecule has 0 aromatic heterocycles. The van der Waals surface area contributed by atoms with E-state index < -0.39 is 12.0 Å². The SMILES string of the molecule is CCCOc1ccccc1C(=O)N1CCNC(=O)C1CC(=O)OCCc1ccccc1. The van der Waals surface area contributed by atoms with Crippen LogP contribution in [0.25, 0.3) is 0 Å². The summed E-state index contributed by atoms with van der Waals surface area (Å²) in [5.74, 6) is -0.717. The lowest BCUT2D eigenvalue weighted by atomic mass is 10.1. The van der Waals surface area contributed by atoms with E-state index in [1.807, 2.05) is 37.3 Å². The van der Waals surface area contributed by atoms with Crippen molar-refractivity contribution in [2.24, 2.45) is 0 Å². The van der Waals surface area contributed by atoms with E-state index in [9.17, 15) is 14.4 Å². The van der Waals surface area contributed by atoms with Crippen molar-refractivity contribution >= 4 is 17.8 Å². The van der Waals surface area contributed by atoms with E-state index in [2.05, 4.69) is 5.32 Å². The van der Waals surface area contributed by atoms with Crippen molar-refractivity contribution in [2.45, 2.75) is 32.2 Å². The Morgan fingerprint density at radius 2 is 1.81 bits per heavy atom. The lowest BCUT2D eigenvalue weighted by molar-refractivity contribution is -0.147. The molecule has 1 heterocycles. The van der Waals surface area contributed by atoms with Gasteiger partial charge in [0, 0.05) is 19.5 Å². The first-order valence-electron chi connectivity index (χ1n) is 10.6.